The van der Waals surface area contributed by atoms with E-state index in [0.717, 1.165) is 56.9 Å². The van der Waals surface area contributed by atoms with Gasteiger partial charge < -0.3 is 29.4 Å². The molecule has 1 fully saturated rings. The Labute approximate surface area is 185 Å². The van der Waals surface area contributed by atoms with Gasteiger partial charge >= 0.3 is 0 Å². The number of aromatic nitrogens is 1. The number of nitrogens with zero attached hydrogens (tertiary/aromatic N) is 3. The van der Waals surface area contributed by atoms with Crippen LogP contribution in [0.3, 0.4) is 0 Å². The summed E-state index contributed by atoms with van der Waals surface area (Å²) in [5.74, 6) is 2.28. The smallest absolute Gasteiger partial charge is 0.191 e. The number of aryl methyl sites for hydroxylation is 1. The van der Waals surface area contributed by atoms with Gasteiger partial charge in [0, 0.05) is 45.6 Å². The van der Waals surface area contributed by atoms with E-state index in [1.807, 2.05) is 23.9 Å². The van der Waals surface area contributed by atoms with Crippen LogP contribution < -0.4 is 20.1 Å². The van der Waals surface area contributed by atoms with E-state index >= 15 is 0 Å². The summed E-state index contributed by atoms with van der Waals surface area (Å²) in [7, 11) is 5.35. The van der Waals surface area contributed by atoms with Crippen LogP contribution in [0.5, 0.6) is 11.5 Å². The van der Waals surface area contributed by atoms with Gasteiger partial charge in [0.1, 0.15) is 0 Å². The molecular weight excluding hydrogens is 394 g/mol. The van der Waals surface area contributed by atoms with Crippen LogP contribution in [0.1, 0.15) is 24.1 Å². The van der Waals surface area contributed by atoms with Crippen molar-refractivity contribution >= 4 is 5.96 Å². The van der Waals surface area contributed by atoms with Crippen LogP contribution in [0.15, 0.2) is 41.7 Å². The van der Waals surface area contributed by atoms with Crippen molar-refractivity contribution in [3.05, 3.63) is 47.8 Å². The Morgan fingerprint density at radius 2 is 1.90 bits per heavy atom. The van der Waals surface area contributed by atoms with Crippen molar-refractivity contribution in [1.82, 2.24) is 20.1 Å². The SMILES string of the molecule is CCNC(=NCc1ccn(C)c1)NCC(c1ccc(OC)c(OC)c1)N1CCOCC1. The summed E-state index contributed by atoms with van der Waals surface area (Å²) >= 11 is 0. The lowest BCUT2D eigenvalue weighted by molar-refractivity contribution is 0.0169. The minimum absolute atomic E-state index is 0.157. The summed E-state index contributed by atoms with van der Waals surface area (Å²) in [6.07, 6.45) is 4.13. The molecule has 2 N–H and O–H groups in total. The lowest BCUT2D eigenvalue weighted by Crippen LogP contribution is -2.46. The van der Waals surface area contributed by atoms with Crippen LogP contribution >= 0.6 is 0 Å². The highest BCUT2D eigenvalue weighted by Crippen LogP contribution is 2.32. The zero-order chi connectivity index (χ0) is 22.1. The molecule has 31 heavy (non-hydrogen) atoms. The molecule has 0 amide bonds. The average Bonchev–Trinajstić information content (AvgIpc) is 3.23. The van der Waals surface area contributed by atoms with E-state index in [1.54, 1.807) is 14.2 Å². The molecule has 0 radical (unpaired) electrons. The molecule has 1 aliphatic heterocycles. The maximum absolute atomic E-state index is 5.58. The van der Waals surface area contributed by atoms with Gasteiger partial charge in [0.15, 0.2) is 17.5 Å². The van der Waals surface area contributed by atoms with E-state index in [1.165, 1.54) is 11.1 Å². The third-order valence-corrected chi connectivity index (χ3v) is 5.40. The number of guanidine groups is 1. The van der Waals surface area contributed by atoms with Gasteiger partial charge in [-0.1, -0.05) is 6.07 Å². The van der Waals surface area contributed by atoms with Gasteiger partial charge in [0.2, 0.25) is 0 Å². The average molecular weight is 430 g/mol. The molecule has 1 unspecified atom stereocenters. The largest absolute Gasteiger partial charge is 0.493 e. The van der Waals surface area contributed by atoms with E-state index < -0.39 is 0 Å². The molecule has 8 heteroatoms. The Balaban J connectivity index is 1.77. The Kier molecular flexibility index (Phi) is 8.61. The molecule has 1 saturated heterocycles. The van der Waals surface area contributed by atoms with E-state index in [0.29, 0.717) is 6.54 Å². The molecule has 1 atom stereocenters. The second-order valence-corrected chi connectivity index (χ2v) is 7.54. The first-order chi connectivity index (χ1) is 15.1. The first-order valence-corrected chi connectivity index (χ1v) is 10.8. The molecule has 0 saturated carbocycles. The normalized spacial score (nSPS) is 16.1. The second-order valence-electron chi connectivity index (χ2n) is 7.54. The Bertz CT molecular complexity index is 845. The minimum Gasteiger partial charge on any atom is -0.493 e. The number of hydrogen-bond donors (Lipinski definition) is 2. The van der Waals surface area contributed by atoms with Gasteiger partial charge in [0.25, 0.3) is 0 Å². The minimum atomic E-state index is 0.157. The Morgan fingerprint density at radius 3 is 2.55 bits per heavy atom. The van der Waals surface area contributed by atoms with Crippen LogP contribution in [-0.2, 0) is 18.3 Å². The van der Waals surface area contributed by atoms with Crippen LogP contribution in [0.4, 0.5) is 0 Å². The molecule has 0 spiro atoms. The molecule has 1 aromatic heterocycles. The Hall–Kier alpha value is -2.71. The van der Waals surface area contributed by atoms with Gasteiger partial charge in [-0.2, -0.15) is 0 Å². The summed E-state index contributed by atoms with van der Waals surface area (Å²) in [5, 5.41) is 6.89. The van der Waals surface area contributed by atoms with Crippen molar-refractivity contribution in [2.45, 2.75) is 19.5 Å². The summed E-state index contributed by atoms with van der Waals surface area (Å²) in [4.78, 5) is 7.21. The van der Waals surface area contributed by atoms with Gasteiger partial charge in [-0.05, 0) is 36.2 Å². The molecular formula is C23H35N5O3. The van der Waals surface area contributed by atoms with Crippen LogP contribution in [0, 0.1) is 0 Å². The maximum atomic E-state index is 5.58. The van der Waals surface area contributed by atoms with Crippen molar-refractivity contribution in [3.63, 3.8) is 0 Å². The summed E-state index contributed by atoms with van der Waals surface area (Å²) in [6, 6.07) is 8.39. The molecule has 0 aliphatic carbocycles. The number of methoxy groups -OCH3 is 2. The number of nitrogens with one attached hydrogen (secondary N) is 2. The zero-order valence-corrected chi connectivity index (χ0v) is 19.1. The van der Waals surface area contributed by atoms with Gasteiger partial charge in [-0.25, -0.2) is 4.99 Å². The van der Waals surface area contributed by atoms with E-state index in [2.05, 4.69) is 46.9 Å². The van der Waals surface area contributed by atoms with E-state index in [4.69, 9.17) is 19.2 Å². The highest BCUT2D eigenvalue weighted by Gasteiger charge is 2.24. The summed E-state index contributed by atoms with van der Waals surface area (Å²) in [6.45, 7) is 7.49. The molecule has 8 nitrogen and oxygen atoms in total. The fourth-order valence-corrected chi connectivity index (χ4v) is 3.77. The van der Waals surface area contributed by atoms with Gasteiger partial charge in [0.05, 0.1) is 40.0 Å². The highest BCUT2D eigenvalue weighted by molar-refractivity contribution is 5.79. The van der Waals surface area contributed by atoms with E-state index in [9.17, 15) is 0 Å². The van der Waals surface area contributed by atoms with Crippen LogP contribution in [-0.4, -0.2) is 69.0 Å². The van der Waals surface area contributed by atoms with Crippen LogP contribution in [0.2, 0.25) is 0 Å². The van der Waals surface area contributed by atoms with E-state index in [-0.39, 0.29) is 6.04 Å². The third kappa shape index (κ3) is 6.38. The summed E-state index contributed by atoms with van der Waals surface area (Å²) < 4.78 is 18.6. The highest BCUT2D eigenvalue weighted by atomic mass is 16.5. The standard InChI is InChI=1S/C23H35N5O3/c1-5-24-23(25-15-18-8-9-27(2)17-18)26-16-20(28-10-12-31-13-11-28)19-6-7-21(29-3)22(14-19)30-4/h6-9,14,17,20H,5,10-13,15-16H2,1-4H3,(H2,24,25,26). The number of rotatable bonds is 9. The summed E-state index contributed by atoms with van der Waals surface area (Å²) in [5.41, 5.74) is 2.36. The lowest BCUT2D eigenvalue weighted by Gasteiger charge is -2.35. The second kappa shape index (κ2) is 11.6. The predicted octanol–water partition coefficient (Wildman–Crippen LogP) is 2.17. The number of benzene rings is 1. The quantitative estimate of drug-likeness (QED) is 0.470. The molecule has 0 bridgehead atoms. The van der Waals surface area contributed by atoms with Gasteiger partial charge in [-0.15, -0.1) is 0 Å². The van der Waals surface area contributed by atoms with Crippen molar-refractivity contribution in [2.24, 2.45) is 12.0 Å². The molecule has 2 heterocycles. The molecule has 2 aromatic rings. The van der Waals surface area contributed by atoms with Crippen LogP contribution in [0.25, 0.3) is 0 Å². The number of aliphatic imine (C=N–C) groups is 1. The van der Waals surface area contributed by atoms with Gasteiger partial charge in [-0.3, -0.25) is 4.90 Å². The topological polar surface area (TPSA) is 72.3 Å². The fourth-order valence-electron chi connectivity index (χ4n) is 3.77. The zero-order valence-electron chi connectivity index (χ0n) is 19.1. The number of ether oxygens (including phenoxy) is 3. The molecule has 170 valence electrons. The molecule has 1 aromatic carbocycles. The monoisotopic (exact) mass is 429 g/mol. The van der Waals surface area contributed by atoms with Crippen molar-refractivity contribution in [3.8, 4) is 11.5 Å². The third-order valence-electron chi connectivity index (χ3n) is 5.40. The first kappa shape index (κ1) is 23.0. The first-order valence-electron chi connectivity index (χ1n) is 10.8. The lowest BCUT2D eigenvalue weighted by atomic mass is 10.0. The van der Waals surface area contributed by atoms with Crippen molar-refractivity contribution < 1.29 is 14.2 Å². The Morgan fingerprint density at radius 1 is 1.13 bits per heavy atom. The van der Waals surface area contributed by atoms with Crippen molar-refractivity contribution in [1.29, 1.82) is 0 Å². The molecule has 3 rings (SSSR count). The van der Waals surface area contributed by atoms with Crippen molar-refractivity contribution in [2.75, 3.05) is 53.6 Å². The number of hydrogen-bond acceptors (Lipinski definition) is 5. The molecule has 1 aliphatic rings. The maximum Gasteiger partial charge on any atom is 0.191 e. The number of morpholine rings is 1. The fraction of sp³-hybridized carbons (Fsp3) is 0.522. The predicted molar refractivity (Wildman–Crippen MR) is 123 cm³/mol.